The Hall–Kier alpha value is -0.470. The van der Waals surface area contributed by atoms with Crippen molar-refractivity contribution in [2.45, 2.75) is 45.2 Å². The molecule has 17 heavy (non-hydrogen) atoms. The Labute approximate surface area is 109 Å². The van der Waals surface area contributed by atoms with E-state index in [0.29, 0.717) is 6.04 Å². The summed E-state index contributed by atoms with van der Waals surface area (Å²) in [7, 11) is 0. The van der Waals surface area contributed by atoms with Crippen LogP contribution in [-0.4, -0.2) is 17.5 Å². The highest BCUT2D eigenvalue weighted by molar-refractivity contribution is 7.99. The molecule has 1 saturated carbocycles. The van der Waals surface area contributed by atoms with Gasteiger partial charge in [-0.2, -0.15) is 11.8 Å². The molecule has 2 rings (SSSR count). The van der Waals surface area contributed by atoms with Gasteiger partial charge in [0.25, 0.3) is 0 Å². The topological polar surface area (TPSA) is 12.0 Å². The lowest BCUT2D eigenvalue weighted by atomic mass is 10.0. The molecule has 0 heterocycles. The summed E-state index contributed by atoms with van der Waals surface area (Å²) in [5.74, 6) is 3.28. The Bertz CT molecular complexity index is 347. The molecular weight excluding hydrogens is 226 g/mol. The summed E-state index contributed by atoms with van der Waals surface area (Å²) >= 11 is 2.01. The SMILES string of the molecule is CCSCC(C)NCc1ccccc1C1CC1. The summed E-state index contributed by atoms with van der Waals surface area (Å²) in [5, 5.41) is 3.64. The summed E-state index contributed by atoms with van der Waals surface area (Å²) in [6.07, 6.45) is 2.77. The van der Waals surface area contributed by atoms with Crippen molar-refractivity contribution in [3.05, 3.63) is 35.4 Å². The predicted molar refractivity (Wildman–Crippen MR) is 77.7 cm³/mol. The van der Waals surface area contributed by atoms with Crippen LogP contribution in [0.15, 0.2) is 24.3 Å². The van der Waals surface area contributed by atoms with Gasteiger partial charge >= 0.3 is 0 Å². The van der Waals surface area contributed by atoms with Gasteiger partial charge in [-0.25, -0.2) is 0 Å². The van der Waals surface area contributed by atoms with Crippen LogP contribution in [0.4, 0.5) is 0 Å². The van der Waals surface area contributed by atoms with Crippen LogP contribution in [0.5, 0.6) is 0 Å². The molecule has 0 saturated heterocycles. The van der Waals surface area contributed by atoms with Gasteiger partial charge in [0.15, 0.2) is 0 Å². The molecule has 0 aromatic heterocycles. The molecule has 0 bridgehead atoms. The maximum atomic E-state index is 3.64. The predicted octanol–water partition coefficient (Wildman–Crippen LogP) is 3.80. The number of rotatable bonds is 7. The van der Waals surface area contributed by atoms with E-state index in [1.807, 2.05) is 11.8 Å². The van der Waals surface area contributed by atoms with Gasteiger partial charge in [0.2, 0.25) is 0 Å². The van der Waals surface area contributed by atoms with E-state index < -0.39 is 0 Å². The Morgan fingerprint density at radius 2 is 2.12 bits per heavy atom. The Balaban J connectivity index is 1.85. The maximum absolute atomic E-state index is 3.64. The second kappa shape index (κ2) is 6.46. The van der Waals surface area contributed by atoms with Gasteiger partial charge in [0, 0.05) is 18.3 Å². The highest BCUT2D eigenvalue weighted by Crippen LogP contribution is 2.41. The Morgan fingerprint density at radius 3 is 2.82 bits per heavy atom. The maximum Gasteiger partial charge on any atom is 0.0211 e. The van der Waals surface area contributed by atoms with E-state index in [1.165, 1.54) is 29.9 Å². The van der Waals surface area contributed by atoms with Gasteiger partial charge in [-0.15, -0.1) is 0 Å². The van der Waals surface area contributed by atoms with Gasteiger partial charge in [-0.3, -0.25) is 0 Å². The first kappa shape index (κ1) is 13.0. The van der Waals surface area contributed by atoms with E-state index in [1.54, 1.807) is 5.56 Å². The molecule has 1 atom stereocenters. The molecule has 1 aromatic carbocycles. The third-order valence-corrected chi connectivity index (χ3v) is 4.43. The summed E-state index contributed by atoms with van der Waals surface area (Å²) in [6, 6.07) is 9.52. The molecule has 2 heteroatoms. The van der Waals surface area contributed by atoms with Crippen molar-refractivity contribution in [2.75, 3.05) is 11.5 Å². The molecule has 1 fully saturated rings. The molecule has 0 aliphatic heterocycles. The third kappa shape index (κ3) is 4.04. The van der Waals surface area contributed by atoms with E-state index in [4.69, 9.17) is 0 Å². The van der Waals surface area contributed by atoms with Crippen molar-refractivity contribution in [3.63, 3.8) is 0 Å². The van der Waals surface area contributed by atoms with Crippen molar-refractivity contribution >= 4 is 11.8 Å². The van der Waals surface area contributed by atoms with Gasteiger partial charge < -0.3 is 5.32 Å². The molecule has 1 nitrogen and oxygen atoms in total. The quantitative estimate of drug-likeness (QED) is 0.789. The second-order valence-electron chi connectivity index (χ2n) is 4.91. The minimum atomic E-state index is 0.604. The van der Waals surface area contributed by atoms with Crippen LogP contribution in [0.1, 0.15) is 43.7 Å². The number of thioether (sulfide) groups is 1. The average Bonchev–Trinajstić information content (AvgIpc) is 3.18. The number of benzene rings is 1. The van der Waals surface area contributed by atoms with E-state index >= 15 is 0 Å². The van der Waals surface area contributed by atoms with Crippen molar-refractivity contribution < 1.29 is 0 Å². The molecule has 0 spiro atoms. The monoisotopic (exact) mass is 249 g/mol. The average molecular weight is 249 g/mol. The van der Waals surface area contributed by atoms with Gasteiger partial charge in [-0.1, -0.05) is 31.2 Å². The summed E-state index contributed by atoms with van der Waals surface area (Å²) in [4.78, 5) is 0. The fraction of sp³-hybridized carbons (Fsp3) is 0.600. The lowest BCUT2D eigenvalue weighted by molar-refractivity contribution is 0.593. The lowest BCUT2D eigenvalue weighted by Crippen LogP contribution is -2.28. The first-order chi connectivity index (χ1) is 8.31. The summed E-state index contributed by atoms with van der Waals surface area (Å²) < 4.78 is 0. The molecule has 1 N–H and O–H groups in total. The Kier molecular flexibility index (Phi) is 4.93. The van der Waals surface area contributed by atoms with Crippen LogP contribution in [0.25, 0.3) is 0 Å². The first-order valence-electron chi connectivity index (χ1n) is 6.70. The fourth-order valence-corrected chi connectivity index (χ4v) is 2.83. The Morgan fingerprint density at radius 1 is 1.35 bits per heavy atom. The number of hydrogen-bond acceptors (Lipinski definition) is 2. The van der Waals surface area contributed by atoms with E-state index in [-0.39, 0.29) is 0 Å². The zero-order chi connectivity index (χ0) is 12.1. The lowest BCUT2D eigenvalue weighted by Gasteiger charge is -2.15. The number of hydrogen-bond donors (Lipinski definition) is 1. The standard InChI is InChI=1S/C15H23NS/c1-3-17-11-12(2)16-10-14-6-4-5-7-15(14)13-8-9-13/h4-7,12-13,16H,3,8-11H2,1-2H3. The summed E-state index contributed by atoms with van der Waals surface area (Å²) in [6.45, 7) is 5.53. The van der Waals surface area contributed by atoms with Crippen LogP contribution in [0.2, 0.25) is 0 Å². The molecule has 1 unspecified atom stereocenters. The highest BCUT2D eigenvalue weighted by Gasteiger charge is 2.25. The van der Waals surface area contributed by atoms with Gasteiger partial charge in [-0.05, 0) is 42.6 Å². The van der Waals surface area contributed by atoms with E-state index in [9.17, 15) is 0 Å². The van der Waals surface area contributed by atoms with Crippen molar-refractivity contribution in [1.82, 2.24) is 5.32 Å². The number of nitrogens with one attached hydrogen (secondary N) is 1. The van der Waals surface area contributed by atoms with Crippen LogP contribution >= 0.6 is 11.8 Å². The smallest absolute Gasteiger partial charge is 0.0211 e. The van der Waals surface area contributed by atoms with Gasteiger partial charge in [0.05, 0.1) is 0 Å². The minimum Gasteiger partial charge on any atom is -0.309 e. The van der Waals surface area contributed by atoms with Crippen LogP contribution in [0, 0.1) is 0 Å². The van der Waals surface area contributed by atoms with E-state index in [2.05, 4.69) is 43.4 Å². The van der Waals surface area contributed by atoms with Crippen molar-refractivity contribution in [3.8, 4) is 0 Å². The molecular formula is C15H23NS. The molecule has 1 aliphatic rings. The van der Waals surface area contributed by atoms with Crippen LogP contribution in [0.3, 0.4) is 0 Å². The van der Waals surface area contributed by atoms with Gasteiger partial charge in [0.1, 0.15) is 0 Å². The zero-order valence-electron chi connectivity index (χ0n) is 10.9. The largest absolute Gasteiger partial charge is 0.309 e. The van der Waals surface area contributed by atoms with Crippen LogP contribution in [-0.2, 0) is 6.54 Å². The second-order valence-corrected chi connectivity index (χ2v) is 6.23. The fourth-order valence-electron chi connectivity index (χ4n) is 2.13. The van der Waals surface area contributed by atoms with E-state index in [0.717, 1.165) is 12.5 Å². The third-order valence-electron chi connectivity index (χ3n) is 3.29. The zero-order valence-corrected chi connectivity index (χ0v) is 11.7. The normalized spacial score (nSPS) is 17.1. The highest BCUT2D eigenvalue weighted by atomic mass is 32.2. The summed E-state index contributed by atoms with van der Waals surface area (Å²) in [5.41, 5.74) is 3.08. The molecule has 1 aliphatic carbocycles. The van der Waals surface area contributed by atoms with Crippen LogP contribution < -0.4 is 5.32 Å². The first-order valence-corrected chi connectivity index (χ1v) is 7.85. The van der Waals surface area contributed by atoms with Crippen molar-refractivity contribution in [2.24, 2.45) is 0 Å². The molecule has 1 aromatic rings. The molecule has 94 valence electrons. The molecule has 0 radical (unpaired) electrons. The molecule has 0 amide bonds. The van der Waals surface area contributed by atoms with Crippen molar-refractivity contribution in [1.29, 1.82) is 0 Å². The minimum absolute atomic E-state index is 0.604.